The molecule has 1 aromatic heterocycles. The summed E-state index contributed by atoms with van der Waals surface area (Å²) in [6.45, 7) is 5.48. The van der Waals surface area contributed by atoms with Gasteiger partial charge in [-0.1, -0.05) is 0 Å². The Kier molecular flexibility index (Phi) is 5.12. The summed E-state index contributed by atoms with van der Waals surface area (Å²) >= 11 is 0. The minimum Gasteiger partial charge on any atom is -0.481 e. The molecule has 0 saturated heterocycles. The summed E-state index contributed by atoms with van der Waals surface area (Å²) in [7, 11) is 0. The fourth-order valence-corrected chi connectivity index (χ4v) is 2.67. The van der Waals surface area contributed by atoms with E-state index in [1.165, 1.54) is 31.2 Å². The molecular weight excluding hydrogens is 349 g/mol. The lowest BCUT2D eigenvalue weighted by molar-refractivity contribution is -0.128. The molecule has 3 N–H and O–H groups in total. The van der Waals surface area contributed by atoms with Gasteiger partial charge in [0.1, 0.15) is 11.6 Å². The molecule has 0 spiro atoms. The van der Waals surface area contributed by atoms with Crippen LogP contribution >= 0.6 is 0 Å². The lowest BCUT2D eigenvalue weighted by atomic mass is 10.1. The number of hydrogen-bond acceptors (Lipinski definition) is 3. The Morgan fingerprint density at radius 2 is 1.78 bits per heavy atom. The van der Waals surface area contributed by atoms with Crippen LogP contribution in [0.5, 0.6) is 5.75 Å². The predicted octanol–water partition coefficient (Wildman–Crippen LogP) is 3.15. The molecule has 27 heavy (non-hydrogen) atoms. The number of aromatic amines is 1. The minimum absolute atomic E-state index is 0.356. The van der Waals surface area contributed by atoms with Gasteiger partial charge in [-0.3, -0.25) is 20.4 Å². The summed E-state index contributed by atoms with van der Waals surface area (Å²) < 4.78 is 18.3. The number of carbonyl (C=O) groups excluding carboxylic acids is 2. The Labute approximate surface area is 155 Å². The predicted molar refractivity (Wildman–Crippen MR) is 99.9 cm³/mol. The molecule has 0 aliphatic rings. The molecule has 1 atom stereocenters. The molecule has 3 aromatic rings. The van der Waals surface area contributed by atoms with Crippen molar-refractivity contribution in [2.75, 3.05) is 0 Å². The first-order chi connectivity index (χ1) is 12.8. The Bertz CT molecular complexity index is 996. The number of aryl methyl sites for hydroxylation is 2. The maximum Gasteiger partial charge on any atom is 0.279 e. The normalized spacial score (nSPS) is 11.9. The van der Waals surface area contributed by atoms with E-state index in [4.69, 9.17) is 4.74 Å². The number of halogens is 1. The van der Waals surface area contributed by atoms with Gasteiger partial charge < -0.3 is 9.72 Å². The molecule has 0 saturated carbocycles. The van der Waals surface area contributed by atoms with Crippen LogP contribution < -0.4 is 15.6 Å². The van der Waals surface area contributed by atoms with Crippen molar-refractivity contribution in [1.29, 1.82) is 0 Å². The number of fused-ring (bicyclic) bond motifs is 1. The van der Waals surface area contributed by atoms with Crippen LogP contribution in [0.25, 0.3) is 10.9 Å². The van der Waals surface area contributed by atoms with Gasteiger partial charge in [-0.05, 0) is 68.8 Å². The van der Waals surface area contributed by atoms with Crippen molar-refractivity contribution in [2.24, 2.45) is 0 Å². The van der Waals surface area contributed by atoms with Crippen molar-refractivity contribution >= 4 is 22.7 Å². The molecule has 0 unspecified atom stereocenters. The van der Waals surface area contributed by atoms with Crippen LogP contribution in [0.2, 0.25) is 0 Å². The van der Waals surface area contributed by atoms with Crippen LogP contribution in [-0.4, -0.2) is 22.9 Å². The summed E-state index contributed by atoms with van der Waals surface area (Å²) in [6, 6.07) is 10.6. The molecule has 6 nitrogen and oxygen atoms in total. The largest absolute Gasteiger partial charge is 0.481 e. The second-order valence-corrected chi connectivity index (χ2v) is 6.29. The summed E-state index contributed by atoms with van der Waals surface area (Å²) in [5, 5.41) is 0.958. The fourth-order valence-electron chi connectivity index (χ4n) is 2.67. The highest BCUT2D eigenvalue weighted by Crippen LogP contribution is 2.22. The van der Waals surface area contributed by atoms with E-state index in [2.05, 4.69) is 15.8 Å². The number of hydrazine groups is 1. The monoisotopic (exact) mass is 369 g/mol. The summed E-state index contributed by atoms with van der Waals surface area (Å²) in [5.74, 6) is -0.995. The summed E-state index contributed by atoms with van der Waals surface area (Å²) in [6.07, 6.45) is -0.868. The van der Waals surface area contributed by atoms with E-state index in [9.17, 15) is 14.0 Å². The van der Waals surface area contributed by atoms with E-state index < -0.39 is 23.7 Å². The van der Waals surface area contributed by atoms with E-state index >= 15 is 0 Å². The van der Waals surface area contributed by atoms with Crippen molar-refractivity contribution in [1.82, 2.24) is 15.8 Å². The lowest BCUT2D eigenvalue weighted by Gasteiger charge is -2.15. The van der Waals surface area contributed by atoms with Crippen molar-refractivity contribution in [3.8, 4) is 5.75 Å². The van der Waals surface area contributed by atoms with Gasteiger partial charge in [0, 0.05) is 22.2 Å². The number of amides is 2. The Morgan fingerprint density at radius 1 is 1.07 bits per heavy atom. The van der Waals surface area contributed by atoms with Crippen molar-refractivity contribution in [2.45, 2.75) is 26.9 Å². The summed E-state index contributed by atoms with van der Waals surface area (Å²) in [4.78, 5) is 27.6. The molecule has 0 bridgehead atoms. The Morgan fingerprint density at radius 3 is 2.48 bits per heavy atom. The van der Waals surface area contributed by atoms with Gasteiger partial charge >= 0.3 is 0 Å². The molecule has 1 heterocycles. The molecule has 140 valence electrons. The minimum atomic E-state index is -0.868. The molecular formula is C20H20FN3O3. The highest BCUT2D eigenvalue weighted by molar-refractivity contribution is 5.99. The number of hydrogen-bond donors (Lipinski definition) is 3. The van der Waals surface area contributed by atoms with Gasteiger partial charge in [-0.25, -0.2) is 4.39 Å². The zero-order valence-electron chi connectivity index (χ0n) is 15.2. The van der Waals surface area contributed by atoms with Crippen molar-refractivity contribution < 1.29 is 18.7 Å². The standard InChI is InChI=1S/C20H20FN3O3/c1-11-12(2)22-18-9-4-14(10-17(11)18)20(26)24-23-19(25)13(3)27-16-7-5-15(21)6-8-16/h4-10,13,22H,1-3H3,(H,23,25)(H,24,26)/t13-/m1/s1. The third-order valence-corrected chi connectivity index (χ3v) is 4.37. The smallest absolute Gasteiger partial charge is 0.279 e. The molecule has 7 heteroatoms. The number of benzene rings is 2. The fraction of sp³-hybridized carbons (Fsp3) is 0.200. The van der Waals surface area contributed by atoms with E-state index in [1.54, 1.807) is 12.1 Å². The van der Waals surface area contributed by atoms with Crippen LogP contribution in [0.1, 0.15) is 28.5 Å². The Hall–Kier alpha value is -3.35. The quantitative estimate of drug-likeness (QED) is 0.618. The maximum atomic E-state index is 12.9. The number of nitrogens with one attached hydrogen (secondary N) is 3. The molecule has 0 radical (unpaired) electrons. The van der Waals surface area contributed by atoms with Gasteiger partial charge in [-0.15, -0.1) is 0 Å². The van der Waals surface area contributed by atoms with Gasteiger partial charge in [-0.2, -0.15) is 0 Å². The highest BCUT2D eigenvalue weighted by atomic mass is 19.1. The number of H-pyrrole nitrogens is 1. The van der Waals surface area contributed by atoms with Crippen LogP contribution in [0.15, 0.2) is 42.5 Å². The van der Waals surface area contributed by atoms with Crippen LogP contribution in [0.3, 0.4) is 0 Å². The first-order valence-corrected chi connectivity index (χ1v) is 8.46. The summed E-state index contributed by atoms with van der Waals surface area (Å²) in [5.41, 5.74) is 8.21. The second-order valence-electron chi connectivity index (χ2n) is 6.29. The lowest BCUT2D eigenvalue weighted by Crippen LogP contribution is -2.47. The number of aromatic nitrogens is 1. The van der Waals surface area contributed by atoms with E-state index in [1.807, 2.05) is 19.9 Å². The Balaban J connectivity index is 1.60. The molecule has 0 fully saturated rings. The van der Waals surface area contributed by atoms with Crippen LogP contribution in [0.4, 0.5) is 4.39 Å². The number of carbonyl (C=O) groups is 2. The maximum absolute atomic E-state index is 12.9. The average Bonchev–Trinajstić information content (AvgIpc) is 2.94. The van der Waals surface area contributed by atoms with Crippen LogP contribution in [0, 0.1) is 19.7 Å². The van der Waals surface area contributed by atoms with Crippen molar-refractivity contribution in [3.63, 3.8) is 0 Å². The SMILES string of the molecule is Cc1[nH]c2ccc(C(=O)NNC(=O)[C@@H](C)Oc3ccc(F)cc3)cc2c1C. The van der Waals surface area contributed by atoms with Gasteiger partial charge in [0.05, 0.1) is 0 Å². The third kappa shape index (κ3) is 4.08. The molecule has 0 aliphatic carbocycles. The molecule has 0 aliphatic heterocycles. The van der Waals surface area contributed by atoms with Crippen LogP contribution in [-0.2, 0) is 4.79 Å². The van der Waals surface area contributed by atoms with Gasteiger partial charge in [0.15, 0.2) is 6.10 Å². The highest BCUT2D eigenvalue weighted by Gasteiger charge is 2.16. The van der Waals surface area contributed by atoms with Gasteiger partial charge in [0.2, 0.25) is 0 Å². The van der Waals surface area contributed by atoms with E-state index in [-0.39, 0.29) is 0 Å². The molecule has 2 amide bonds. The zero-order chi connectivity index (χ0) is 19.6. The molecule has 2 aromatic carbocycles. The first-order valence-electron chi connectivity index (χ1n) is 8.46. The second kappa shape index (κ2) is 7.49. The van der Waals surface area contributed by atoms with E-state index in [0.29, 0.717) is 11.3 Å². The number of rotatable bonds is 4. The average molecular weight is 369 g/mol. The third-order valence-electron chi connectivity index (χ3n) is 4.37. The number of ether oxygens (including phenoxy) is 1. The topological polar surface area (TPSA) is 83.2 Å². The van der Waals surface area contributed by atoms with E-state index in [0.717, 1.165) is 22.2 Å². The van der Waals surface area contributed by atoms with Gasteiger partial charge in [0.25, 0.3) is 11.8 Å². The first kappa shape index (κ1) is 18.4. The zero-order valence-corrected chi connectivity index (χ0v) is 15.2. The van der Waals surface area contributed by atoms with Crippen molar-refractivity contribution in [3.05, 3.63) is 65.1 Å². The molecule has 3 rings (SSSR count).